The molecule has 0 bridgehead atoms. The van der Waals surface area contributed by atoms with Crippen LogP contribution in [0.3, 0.4) is 0 Å². The third-order valence-electron chi connectivity index (χ3n) is 5.24. The quantitative estimate of drug-likeness (QED) is 0.536. The lowest BCUT2D eigenvalue weighted by molar-refractivity contribution is -0.120. The molecule has 176 valence electrons. The lowest BCUT2D eigenvalue weighted by atomic mass is 10.0. The lowest BCUT2D eigenvalue weighted by Crippen LogP contribution is -2.52. The molecule has 1 heterocycles. The highest BCUT2D eigenvalue weighted by atomic mass is 32.2. The van der Waals surface area contributed by atoms with Crippen molar-refractivity contribution in [2.24, 2.45) is 0 Å². The molecule has 0 saturated heterocycles. The normalized spacial score (nSPS) is 13.1. The molecule has 9 nitrogen and oxygen atoms in total. The van der Waals surface area contributed by atoms with Gasteiger partial charge in [-0.15, -0.1) is 0 Å². The van der Waals surface area contributed by atoms with Gasteiger partial charge in [0.2, 0.25) is 12.7 Å². The van der Waals surface area contributed by atoms with Gasteiger partial charge < -0.3 is 19.7 Å². The van der Waals surface area contributed by atoms with Crippen LogP contribution in [-0.2, 0) is 21.2 Å². The molecule has 0 aliphatic carbocycles. The Morgan fingerprint density at radius 3 is 2.29 bits per heavy atom. The molecule has 1 aliphatic heterocycles. The summed E-state index contributed by atoms with van der Waals surface area (Å²) in [5.41, 5.74) is 1.33. The number of benzene rings is 3. The minimum atomic E-state index is -4.10. The first-order chi connectivity index (χ1) is 16.3. The zero-order valence-corrected chi connectivity index (χ0v) is 19.1. The maximum atomic E-state index is 13.4. The number of ether oxygens (including phenoxy) is 2. The van der Waals surface area contributed by atoms with E-state index in [2.05, 4.69) is 5.32 Å². The highest BCUT2D eigenvalue weighted by Gasteiger charge is 2.28. The van der Waals surface area contributed by atoms with E-state index in [4.69, 9.17) is 9.47 Å². The van der Waals surface area contributed by atoms with Gasteiger partial charge in [0.15, 0.2) is 11.5 Å². The van der Waals surface area contributed by atoms with E-state index in [1.54, 1.807) is 43.4 Å². The fourth-order valence-electron chi connectivity index (χ4n) is 3.47. The zero-order chi connectivity index (χ0) is 24.1. The van der Waals surface area contributed by atoms with Crippen molar-refractivity contribution in [3.05, 3.63) is 84.4 Å². The van der Waals surface area contributed by atoms with E-state index in [-0.39, 0.29) is 18.1 Å². The largest absolute Gasteiger partial charge is 0.454 e. The highest BCUT2D eigenvalue weighted by molar-refractivity contribution is 7.90. The van der Waals surface area contributed by atoms with Crippen molar-refractivity contribution in [1.29, 1.82) is 0 Å². The molecule has 0 spiro atoms. The first-order valence-electron chi connectivity index (χ1n) is 10.4. The lowest BCUT2D eigenvalue weighted by Gasteiger charge is -2.25. The molecule has 3 aromatic rings. The standard InChI is InChI=1S/C24H23N3O6S/c1-27(18-12-13-21-22(15-18)33-16-32-21)23(28)20(14-17-8-4-2-5-9-17)25-24(29)26-34(30,31)19-10-6-3-7-11-19/h2-13,15,20H,14,16H2,1H3,(H2,25,26,29). The second kappa shape index (κ2) is 9.84. The van der Waals surface area contributed by atoms with E-state index in [1.807, 2.05) is 35.1 Å². The topological polar surface area (TPSA) is 114 Å². The van der Waals surface area contributed by atoms with E-state index in [0.29, 0.717) is 17.2 Å². The molecule has 1 atom stereocenters. The number of urea groups is 1. The van der Waals surface area contributed by atoms with Crippen molar-refractivity contribution in [3.63, 3.8) is 0 Å². The summed E-state index contributed by atoms with van der Waals surface area (Å²) in [6.07, 6.45) is 0.160. The summed E-state index contributed by atoms with van der Waals surface area (Å²) in [6.45, 7) is 0.102. The second-order valence-electron chi connectivity index (χ2n) is 7.57. The number of hydrogen-bond acceptors (Lipinski definition) is 6. The molecular formula is C24H23N3O6S. The van der Waals surface area contributed by atoms with Gasteiger partial charge in [-0.3, -0.25) is 4.79 Å². The van der Waals surface area contributed by atoms with Crippen LogP contribution >= 0.6 is 0 Å². The number of carbonyl (C=O) groups excluding carboxylic acids is 2. The smallest absolute Gasteiger partial charge is 0.329 e. The van der Waals surface area contributed by atoms with Crippen LogP contribution in [-0.4, -0.2) is 40.2 Å². The minimum absolute atomic E-state index is 0.0615. The van der Waals surface area contributed by atoms with Crippen molar-refractivity contribution in [1.82, 2.24) is 10.0 Å². The number of carbonyl (C=O) groups is 2. The molecule has 4 rings (SSSR count). The number of fused-ring (bicyclic) bond motifs is 1. The summed E-state index contributed by atoms with van der Waals surface area (Å²) in [7, 11) is -2.53. The molecule has 10 heteroatoms. The van der Waals surface area contributed by atoms with Gasteiger partial charge in [0.05, 0.1) is 4.90 Å². The summed E-state index contributed by atoms with van der Waals surface area (Å²) >= 11 is 0. The SMILES string of the molecule is CN(C(=O)C(Cc1ccccc1)NC(=O)NS(=O)(=O)c1ccccc1)c1ccc2c(c1)OCO2. The van der Waals surface area contributed by atoms with Gasteiger partial charge in [-0.1, -0.05) is 48.5 Å². The maximum Gasteiger partial charge on any atom is 0.329 e. The van der Waals surface area contributed by atoms with Gasteiger partial charge in [0.25, 0.3) is 10.0 Å². The van der Waals surface area contributed by atoms with Crippen LogP contribution < -0.4 is 24.4 Å². The predicted octanol–water partition coefficient (Wildman–Crippen LogP) is 2.68. The Morgan fingerprint density at radius 1 is 0.941 bits per heavy atom. The van der Waals surface area contributed by atoms with Crippen LogP contribution in [0, 0.1) is 0 Å². The van der Waals surface area contributed by atoms with E-state index in [9.17, 15) is 18.0 Å². The minimum Gasteiger partial charge on any atom is -0.454 e. The van der Waals surface area contributed by atoms with E-state index < -0.39 is 28.0 Å². The number of nitrogens with zero attached hydrogens (tertiary/aromatic N) is 1. The monoisotopic (exact) mass is 481 g/mol. The Bertz CT molecular complexity index is 1280. The van der Waals surface area contributed by atoms with Crippen molar-refractivity contribution in [2.75, 3.05) is 18.7 Å². The molecule has 34 heavy (non-hydrogen) atoms. The Labute approximate surface area is 197 Å². The molecule has 2 N–H and O–H groups in total. The van der Waals surface area contributed by atoms with Gasteiger partial charge >= 0.3 is 6.03 Å². The molecule has 1 unspecified atom stereocenters. The maximum absolute atomic E-state index is 13.4. The molecule has 3 amide bonds. The number of hydrogen-bond donors (Lipinski definition) is 2. The second-order valence-corrected chi connectivity index (χ2v) is 9.25. The highest BCUT2D eigenvalue weighted by Crippen LogP contribution is 2.35. The van der Waals surface area contributed by atoms with Crippen LogP contribution in [0.5, 0.6) is 11.5 Å². The Balaban J connectivity index is 1.54. The number of amides is 3. The van der Waals surface area contributed by atoms with Gasteiger partial charge in [0, 0.05) is 25.2 Å². The Hall–Kier alpha value is -4.05. The fourth-order valence-corrected chi connectivity index (χ4v) is 4.41. The molecule has 3 aromatic carbocycles. The van der Waals surface area contributed by atoms with Gasteiger partial charge in [-0.05, 0) is 29.8 Å². The molecule has 0 fully saturated rings. The molecule has 0 aromatic heterocycles. The van der Waals surface area contributed by atoms with Gasteiger partial charge in [-0.2, -0.15) is 0 Å². The van der Waals surface area contributed by atoms with Crippen LogP contribution in [0.15, 0.2) is 83.8 Å². The molecular weight excluding hydrogens is 458 g/mol. The summed E-state index contributed by atoms with van der Waals surface area (Å²) in [4.78, 5) is 27.3. The summed E-state index contributed by atoms with van der Waals surface area (Å²) in [5, 5.41) is 2.52. The summed E-state index contributed by atoms with van der Waals surface area (Å²) in [5.74, 6) is 0.653. The summed E-state index contributed by atoms with van der Waals surface area (Å²) < 4.78 is 37.7. The first-order valence-corrected chi connectivity index (χ1v) is 11.9. The average Bonchev–Trinajstić information content (AvgIpc) is 3.31. The first kappa shape index (κ1) is 23.1. The number of anilines is 1. The fraction of sp³-hybridized carbons (Fsp3) is 0.167. The Morgan fingerprint density at radius 2 is 1.59 bits per heavy atom. The number of rotatable bonds is 7. The third kappa shape index (κ3) is 5.29. The van der Waals surface area contributed by atoms with Gasteiger partial charge in [-0.25, -0.2) is 17.9 Å². The van der Waals surface area contributed by atoms with Crippen molar-refractivity contribution in [2.45, 2.75) is 17.4 Å². The third-order valence-corrected chi connectivity index (χ3v) is 6.59. The van der Waals surface area contributed by atoms with E-state index >= 15 is 0 Å². The number of nitrogens with one attached hydrogen (secondary N) is 2. The van der Waals surface area contributed by atoms with Crippen molar-refractivity contribution in [3.8, 4) is 11.5 Å². The van der Waals surface area contributed by atoms with Crippen LogP contribution in [0.4, 0.5) is 10.5 Å². The van der Waals surface area contributed by atoms with E-state index in [0.717, 1.165) is 5.56 Å². The predicted molar refractivity (Wildman–Crippen MR) is 125 cm³/mol. The van der Waals surface area contributed by atoms with Crippen LogP contribution in [0.25, 0.3) is 0 Å². The van der Waals surface area contributed by atoms with Crippen molar-refractivity contribution < 1.29 is 27.5 Å². The average molecular weight is 482 g/mol. The van der Waals surface area contributed by atoms with Crippen molar-refractivity contribution >= 4 is 27.6 Å². The zero-order valence-electron chi connectivity index (χ0n) is 18.3. The Kier molecular flexibility index (Phi) is 6.69. The van der Waals surface area contributed by atoms with Gasteiger partial charge in [0.1, 0.15) is 6.04 Å². The molecule has 1 aliphatic rings. The van der Waals surface area contributed by atoms with Crippen LogP contribution in [0.2, 0.25) is 0 Å². The van der Waals surface area contributed by atoms with Crippen LogP contribution in [0.1, 0.15) is 5.56 Å². The molecule has 0 radical (unpaired) electrons. The van der Waals surface area contributed by atoms with E-state index in [1.165, 1.54) is 17.0 Å². The summed E-state index contributed by atoms with van der Waals surface area (Å²) in [6, 6.07) is 19.6. The number of likely N-dealkylation sites (N-methyl/N-ethyl adjacent to an activating group) is 1. The number of sulfonamides is 1. The molecule has 0 saturated carbocycles.